The predicted molar refractivity (Wildman–Crippen MR) is 53.6 cm³/mol. The van der Waals surface area contributed by atoms with Gasteiger partial charge < -0.3 is 21.1 Å². The van der Waals surface area contributed by atoms with Crippen molar-refractivity contribution in [3.8, 4) is 0 Å². The zero-order chi connectivity index (χ0) is 12.3. The molecule has 86 valence electrons. The molecule has 0 fully saturated rings. The summed E-state index contributed by atoms with van der Waals surface area (Å²) in [6.07, 6.45) is -3.48. The number of carboxylic acid groups (broad SMARTS) is 1. The molecule has 0 aromatic heterocycles. The molecule has 1 aromatic carbocycles. The maximum absolute atomic E-state index is 10.8. The average Bonchev–Trinajstić information content (AvgIpc) is 2.26. The van der Waals surface area contributed by atoms with Gasteiger partial charge in [-0.2, -0.15) is 0 Å². The molecule has 0 aliphatic heterocycles. The SMILES string of the molecule is NC(=O)C(O)C(O)c1ccccc1C(=O)O. The van der Waals surface area contributed by atoms with Crippen LogP contribution in [0, 0.1) is 0 Å². The summed E-state index contributed by atoms with van der Waals surface area (Å²) in [5.74, 6) is -2.38. The highest BCUT2D eigenvalue weighted by atomic mass is 16.4. The van der Waals surface area contributed by atoms with Gasteiger partial charge in [-0.3, -0.25) is 4.79 Å². The second kappa shape index (κ2) is 4.73. The van der Waals surface area contributed by atoms with E-state index in [1.165, 1.54) is 24.3 Å². The van der Waals surface area contributed by atoms with Crippen LogP contribution in [-0.4, -0.2) is 33.3 Å². The fourth-order valence-corrected chi connectivity index (χ4v) is 1.28. The summed E-state index contributed by atoms with van der Waals surface area (Å²) >= 11 is 0. The zero-order valence-corrected chi connectivity index (χ0v) is 8.20. The summed E-state index contributed by atoms with van der Waals surface area (Å²) in [6.45, 7) is 0. The van der Waals surface area contributed by atoms with Crippen LogP contribution in [0.1, 0.15) is 22.0 Å². The van der Waals surface area contributed by atoms with Gasteiger partial charge in [0.2, 0.25) is 5.91 Å². The van der Waals surface area contributed by atoms with Crippen LogP contribution >= 0.6 is 0 Å². The molecule has 6 heteroatoms. The van der Waals surface area contributed by atoms with E-state index in [1.807, 2.05) is 0 Å². The lowest BCUT2D eigenvalue weighted by atomic mass is 9.98. The lowest BCUT2D eigenvalue weighted by Gasteiger charge is -2.16. The summed E-state index contributed by atoms with van der Waals surface area (Å²) in [5, 5.41) is 27.6. The van der Waals surface area contributed by atoms with Crippen LogP contribution < -0.4 is 5.73 Å². The Labute approximate surface area is 90.9 Å². The number of hydrogen-bond donors (Lipinski definition) is 4. The van der Waals surface area contributed by atoms with Gasteiger partial charge in [0.1, 0.15) is 6.10 Å². The topological polar surface area (TPSA) is 121 Å². The largest absolute Gasteiger partial charge is 0.478 e. The van der Waals surface area contributed by atoms with Gasteiger partial charge in [-0.1, -0.05) is 18.2 Å². The van der Waals surface area contributed by atoms with E-state index in [2.05, 4.69) is 0 Å². The van der Waals surface area contributed by atoms with Crippen LogP contribution in [0.25, 0.3) is 0 Å². The Bertz CT molecular complexity index is 417. The van der Waals surface area contributed by atoms with E-state index < -0.39 is 24.1 Å². The fourth-order valence-electron chi connectivity index (χ4n) is 1.28. The molecule has 6 nitrogen and oxygen atoms in total. The molecule has 0 aliphatic carbocycles. The molecule has 0 bridgehead atoms. The number of aliphatic hydroxyl groups excluding tert-OH is 2. The number of hydrogen-bond acceptors (Lipinski definition) is 4. The molecule has 0 aliphatic rings. The second-order valence-electron chi connectivity index (χ2n) is 3.18. The van der Waals surface area contributed by atoms with Gasteiger partial charge in [-0.25, -0.2) is 4.79 Å². The summed E-state index contributed by atoms with van der Waals surface area (Å²) in [4.78, 5) is 21.5. The van der Waals surface area contributed by atoms with Gasteiger partial charge in [0, 0.05) is 0 Å². The first-order chi connectivity index (χ1) is 7.45. The Kier molecular flexibility index (Phi) is 3.60. The quantitative estimate of drug-likeness (QED) is 0.538. The minimum atomic E-state index is -1.83. The molecular weight excluding hydrogens is 214 g/mol. The molecule has 0 saturated heterocycles. The van der Waals surface area contributed by atoms with Crippen molar-refractivity contribution in [1.82, 2.24) is 0 Å². The van der Waals surface area contributed by atoms with Gasteiger partial charge >= 0.3 is 5.97 Å². The highest BCUT2D eigenvalue weighted by molar-refractivity contribution is 5.90. The highest BCUT2D eigenvalue weighted by Gasteiger charge is 2.26. The standard InChI is InChI=1S/C10H11NO5/c11-9(14)8(13)7(12)5-3-1-2-4-6(5)10(15)16/h1-4,7-8,12-13H,(H2,11,14)(H,15,16). The van der Waals surface area contributed by atoms with Crippen molar-refractivity contribution in [2.45, 2.75) is 12.2 Å². The third-order valence-electron chi connectivity index (χ3n) is 2.10. The van der Waals surface area contributed by atoms with E-state index in [1.54, 1.807) is 0 Å². The van der Waals surface area contributed by atoms with Gasteiger partial charge in [0.25, 0.3) is 0 Å². The van der Waals surface area contributed by atoms with Gasteiger partial charge in [0.15, 0.2) is 6.10 Å². The summed E-state index contributed by atoms with van der Waals surface area (Å²) in [6, 6.07) is 5.52. The molecule has 0 heterocycles. The molecule has 16 heavy (non-hydrogen) atoms. The number of aromatic carboxylic acids is 1. The Morgan fingerprint density at radius 3 is 2.25 bits per heavy atom. The highest BCUT2D eigenvalue weighted by Crippen LogP contribution is 2.21. The number of rotatable bonds is 4. The Morgan fingerprint density at radius 2 is 1.75 bits per heavy atom. The van der Waals surface area contributed by atoms with Crippen LogP contribution in [0.2, 0.25) is 0 Å². The minimum absolute atomic E-state index is 0.0544. The third-order valence-corrected chi connectivity index (χ3v) is 2.10. The summed E-state index contributed by atoms with van der Waals surface area (Å²) < 4.78 is 0. The lowest BCUT2D eigenvalue weighted by Crippen LogP contribution is -2.34. The van der Waals surface area contributed by atoms with E-state index in [-0.39, 0.29) is 11.1 Å². The second-order valence-corrected chi connectivity index (χ2v) is 3.18. The molecule has 5 N–H and O–H groups in total. The average molecular weight is 225 g/mol. The maximum atomic E-state index is 10.8. The smallest absolute Gasteiger partial charge is 0.336 e. The van der Waals surface area contributed by atoms with Crippen molar-refractivity contribution in [2.75, 3.05) is 0 Å². The molecule has 1 aromatic rings. The molecule has 2 atom stereocenters. The molecule has 2 unspecified atom stereocenters. The third kappa shape index (κ3) is 2.36. The zero-order valence-electron chi connectivity index (χ0n) is 8.20. The number of benzene rings is 1. The number of primary amides is 1. The van der Waals surface area contributed by atoms with E-state index in [0.29, 0.717) is 0 Å². The lowest BCUT2D eigenvalue weighted by molar-refractivity contribution is -0.132. The predicted octanol–water partition coefficient (Wildman–Crippen LogP) is -0.736. The Morgan fingerprint density at radius 1 is 1.19 bits per heavy atom. The number of carboxylic acids is 1. The molecule has 0 saturated carbocycles. The van der Waals surface area contributed by atoms with E-state index >= 15 is 0 Å². The summed E-state index contributed by atoms with van der Waals surface area (Å²) in [7, 11) is 0. The number of carbonyl (C=O) groups excluding carboxylic acids is 1. The molecule has 0 radical (unpaired) electrons. The monoisotopic (exact) mass is 225 g/mol. The first kappa shape index (κ1) is 12.2. The van der Waals surface area contributed by atoms with Crippen LogP contribution in [0.4, 0.5) is 0 Å². The van der Waals surface area contributed by atoms with Crippen molar-refractivity contribution in [1.29, 1.82) is 0 Å². The van der Waals surface area contributed by atoms with Crippen molar-refractivity contribution in [2.24, 2.45) is 5.73 Å². The maximum Gasteiger partial charge on any atom is 0.336 e. The van der Waals surface area contributed by atoms with Crippen LogP contribution in [0.5, 0.6) is 0 Å². The number of carbonyl (C=O) groups is 2. The normalized spacial score (nSPS) is 14.1. The number of amides is 1. The fraction of sp³-hybridized carbons (Fsp3) is 0.200. The van der Waals surface area contributed by atoms with Crippen LogP contribution in [0.3, 0.4) is 0 Å². The van der Waals surface area contributed by atoms with Gasteiger partial charge in [0.05, 0.1) is 5.56 Å². The van der Waals surface area contributed by atoms with E-state index in [0.717, 1.165) is 0 Å². The Hall–Kier alpha value is -1.92. The van der Waals surface area contributed by atoms with Crippen LogP contribution in [0.15, 0.2) is 24.3 Å². The summed E-state index contributed by atoms with van der Waals surface area (Å²) in [5.41, 5.74) is 4.56. The van der Waals surface area contributed by atoms with Crippen molar-refractivity contribution < 1.29 is 24.9 Å². The number of nitrogens with two attached hydrogens (primary N) is 1. The first-order valence-electron chi connectivity index (χ1n) is 4.42. The minimum Gasteiger partial charge on any atom is -0.478 e. The molecule has 1 rings (SSSR count). The number of aliphatic hydroxyl groups is 2. The van der Waals surface area contributed by atoms with Gasteiger partial charge in [-0.05, 0) is 11.6 Å². The van der Waals surface area contributed by atoms with Crippen molar-refractivity contribution in [3.63, 3.8) is 0 Å². The first-order valence-corrected chi connectivity index (χ1v) is 4.42. The van der Waals surface area contributed by atoms with E-state index in [9.17, 15) is 19.8 Å². The van der Waals surface area contributed by atoms with E-state index in [4.69, 9.17) is 10.8 Å². The molecule has 0 spiro atoms. The molecule has 1 amide bonds. The van der Waals surface area contributed by atoms with Crippen molar-refractivity contribution in [3.05, 3.63) is 35.4 Å². The van der Waals surface area contributed by atoms with Gasteiger partial charge in [-0.15, -0.1) is 0 Å². The van der Waals surface area contributed by atoms with Crippen LogP contribution in [-0.2, 0) is 4.79 Å². The Balaban J connectivity index is 3.12. The van der Waals surface area contributed by atoms with Crippen molar-refractivity contribution >= 4 is 11.9 Å². The molecular formula is C10H11NO5.